The maximum absolute atomic E-state index is 5.31. The van der Waals surface area contributed by atoms with Crippen molar-refractivity contribution in [2.75, 3.05) is 6.54 Å². The smallest absolute Gasteiger partial charge is 0.00773 e. The molecule has 0 aliphatic heterocycles. The maximum Gasteiger partial charge on any atom is -0.00773 e. The molecule has 2 N–H and O–H groups in total. The molecule has 58 valence electrons. The van der Waals surface area contributed by atoms with E-state index in [9.17, 15) is 0 Å². The van der Waals surface area contributed by atoms with Crippen LogP contribution in [0.15, 0.2) is 0 Å². The van der Waals surface area contributed by atoms with E-state index in [1.807, 2.05) is 0 Å². The minimum absolute atomic E-state index is 0. The van der Waals surface area contributed by atoms with Crippen molar-refractivity contribution in [1.82, 2.24) is 0 Å². The molecule has 1 heteroatoms. The minimum Gasteiger partial charge on any atom is -0.330 e. The Labute approximate surface area is 59.6 Å². The fraction of sp³-hybridized carbons (Fsp3) is 1.00. The molecule has 0 spiro atoms. The van der Waals surface area contributed by atoms with Gasteiger partial charge >= 0.3 is 0 Å². The number of unbranched alkanes of at least 4 members (excludes halogenated alkanes) is 1. The fourth-order valence-corrected chi connectivity index (χ4v) is 0.697. The van der Waals surface area contributed by atoms with Crippen LogP contribution in [0, 0.1) is 5.92 Å². The first kappa shape index (κ1) is 11.7. The molecule has 0 bridgehead atoms. The zero-order chi connectivity index (χ0) is 6.41. The molecule has 0 aromatic heterocycles. The van der Waals surface area contributed by atoms with Crippen molar-refractivity contribution in [1.29, 1.82) is 0 Å². The molecular weight excluding hydrogens is 110 g/mol. The van der Waals surface area contributed by atoms with Gasteiger partial charge in [-0.3, -0.25) is 0 Å². The van der Waals surface area contributed by atoms with Crippen LogP contribution < -0.4 is 5.73 Å². The quantitative estimate of drug-likeness (QED) is 0.582. The predicted molar refractivity (Wildman–Crippen MR) is 44.5 cm³/mol. The van der Waals surface area contributed by atoms with Gasteiger partial charge in [0.25, 0.3) is 0 Å². The van der Waals surface area contributed by atoms with Gasteiger partial charge in [0.15, 0.2) is 0 Å². The Morgan fingerprint density at radius 3 is 2.11 bits per heavy atom. The van der Waals surface area contributed by atoms with E-state index in [0.29, 0.717) is 0 Å². The van der Waals surface area contributed by atoms with Crippen LogP contribution >= 0.6 is 0 Å². The lowest BCUT2D eigenvalue weighted by atomic mass is 10.1. The standard InChI is InChI=1S/C7H17N.CH4/c1-7(2)5-3-4-6-8;/h7H,3-6,8H2,1-2H3;1H4. The third kappa shape index (κ3) is 11.5. The Morgan fingerprint density at radius 1 is 1.22 bits per heavy atom. The summed E-state index contributed by atoms with van der Waals surface area (Å²) in [5.74, 6) is 0.849. The van der Waals surface area contributed by atoms with Gasteiger partial charge in [-0.25, -0.2) is 0 Å². The second-order valence-electron chi connectivity index (χ2n) is 2.68. The second-order valence-corrected chi connectivity index (χ2v) is 2.68. The average Bonchev–Trinajstić information content (AvgIpc) is 1.66. The van der Waals surface area contributed by atoms with Gasteiger partial charge in [0.1, 0.15) is 0 Å². The van der Waals surface area contributed by atoms with Crippen molar-refractivity contribution in [2.24, 2.45) is 11.7 Å². The van der Waals surface area contributed by atoms with E-state index in [1.54, 1.807) is 0 Å². The molecule has 0 heterocycles. The molecule has 0 saturated carbocycles. The van der Waals surface area contributed by atoms with Crippen LogP contribution in [0.3, 0.4) is 0 Å². The third-order valence-electron chi connectivity index (χ3n) is 1.24. The largest absolute Gasteiger partial charge is 0.330 e. The SMILES string of the molecule is C.CC(C)CCCCN. The van der Waals surface area contributed by atoms with E-state index in [2.05, 4.69) is 13.8 Å². The molecule has 0 aliphatic rings. The topological polar surface area (TPSA) is 26.0 Å². The average molecular weight is 131 g/mol. The summed E-state index contributed by atoms with van der Waals surface area (Å²) < 4.78 is 0. The van der Waals surface area contributed by atoms with Crippen molar-refractivity contribution >= 4 is 0 Å². The molecule has 0 radical (unpaired) electrons. The molecule has 0 fully saturated rings. The van der Waals surface area contributed by atoms with Crippen molar-refractivity contribution in [3.63, 3.8) is 0 Å². The monoisotopic (exact) mass is 131 g/mol. The number of hydrogen-bond acceptors (Lipinski definition) is 1. The highest BCUT2D eigenvalue weighted by molar-refractivity contribution is 4.45. The van der Waals surface area contributed by atoms with Crippen molar-refractivity contribution in [3.8, 4) is 0 Å². The van der Waals surface area contributed by atoms with Crippen LogP contribution in [0.5, 0.6) is 0 Å². The van der Waals surface area contributed by atoms with Crippen LogP contribution in [0.4, 0.5) is 0 Å². The van der Waals surface area contributed by atoms with E-state index >= 15 is 0 Å². The first-order valence-electron chi connectivity index (χ1n) is 3.47. The van der Waals surface area contributed by atoms with Crippen molar-refractivity contribution < 1.29 is 0 Å². The molecule has 0 rings (SSSR count). The van der Waals surface area contributed by atoms with Gasteiger partial charge in [0, 0.05) is 0 Å². The lowest BCUT2D eigenvalue weighted by molar-refractivity contribution is 0.541. The van der Waals surface area contributed by atoms with Crippen LogP contribution in [-0.4, -0.2) is 6.54 Å². The van der Waals surface area contributed by atoms with Gasteiger partial charge in [-0.15, -0.1) is 0 Å². The van der Waals surface area contributed by atoms with Gasteiger partial charge in [-0.2, -0.15) is 0 Å². The highest BCUT2D eigenvalue weighted by Gasteiger charge is 1.90. The highest BCUT2D eigenvalue weighted by atomic mass is 14.5. The number of rotatable bonds is 4. The third-order valence-corrected chi connectivity index (χ3v) is 1.24. The summed E-state index contributed by atoms with van der Waals surface area (Å²) in [4.78, 5) is 0. The Hall–Kier alpha value is -0.0400. The van der Waals surface area contributed by atoms with Gasteiger partial charge in [-0.05, 0) is 18.9 Å². The second kappa shape index (κ2) is 7.96. The first-order valence-corrected chi connectivity index (χ1v) is 3.47. The van der Waals surface area contributed by atoms with E-state index in [-0.39, 0.29) is 7.43 Å². The van der Waals surface area contributed by atoms with Crippen molar-refractivity contribution in [3.05, 3.63) is 0 Å². The van der Waals surface area contributed by atoms with Crippen LogP contribution in [0.25, 0.3) is 0 Å². The van der Waals surface area contributed by atoms with Crippen LogP contribution in [0.1, 0.15) is 40.5 Å². The molecule has 0 aliphatic carbocycles. The molecule has 0 atom stereocenters. The summed E-state index contributed by atoms with van der Waals surface area (Å²) in [5.41, 5.74) is 5.31. The Kier molecular flexibility index (Phi) is 10.4. The zero-order valence-electron chi connectivity index (χ0n) is 5.98. The fourth-order valence-electron chi connectivity index (χ4n) is 0.697. The van der Waals surface area contributed by atoms with Gasteiger partial charge in [-0.1, -0.05) is 34.1 Å². The maximum atomic E-state index is 5.31. The van der Waals surface area contributed by atoms with Gasteiger partial charge < -0.3 is 5.73 Å². The summed E-state index contributed by atoms with van der Waals surface area (Å²) in [7, 11) is 0. The predicted octanol–water partition coefficient (Wildman–Crippen LogP) is 2.41. The molecule has 0 unspecified atom stereocenters. The number of hydrogen-bond donors (Lipinski definition) is 1. The minimum atomic E-state index is 0. The molecule has 0 aromatic carbocycles. The summed E-state index contributed by atoms with van der Waals surface area (Å²) in [6.45, 7) is 5.35. The van der Waals surface area contributed by atoms with E-state index < -0.39 is 0 Å². The Balaban J connectivity index is 0. The molecule has 9 heavy (non-hydrogen) atoms. The first-order chi connectivity index (χ1) is 3.77. The normalized spacial score (nSPS) is 9.33. The lowest BCUT2D eigenvalue weighted by Gasteiger charge is -2.00. The molecule has 0 amide bonds. The molecular formula is C8H21N. The zero-order valence-corrected chi connectivity index (χ0v) is 5.98. The summed E-state index contributed by atoms with van der Waals surface area (Å²) >= 11 is 0. The summed E-state index contributed by atoms with van der Waals surface area (Å²) in [6.07, 6.45) is 3.82. The van der Waals surface area contributed by atoms with Gasteiger partial charge in [0.05, 0.1) is 0 Å². The number of nitrogens with two attached hydrogens (primary N) is 1. The van der Waals surface area contributed by atoms with E-state index in [4.69, 9.17) is 5.73 Å². The van der Waals surface area contributed by atoms with Crippen molar-refractivity contribution in [2.45, 2.75) is 40.5 Å². The highest BCUT2D eigenvalue weighted by Crippen LogP contribution is 2.04. The van der Waals surface area contributed by atoms with E-state index in [0.717, 1.165) is 12.5 Å². The van der Waals surface area contributed by atoms with Gasteiger partial charge in [0.2, 0.25) is 0 Å². The lowest BCUT2D eigenvalue weighted by Crippen LogP contribution is -1.98. The molecule has 0 saturated heterocycles. The van der Waals surface area contributed by atoms with E-state index in [1.165, 1.54) is 19.3 Å². The summed E-state index contributed by atoms with van der Waals surface area (Å²) in [6, 6.07) is 0. The Bertz CT molecular complexity index is 41.8. The molecule has 0 aromatic rings. The molecule has 1 nitrogen and oxygen atoms in total. The van der Waals surface area contributed by atoms with Crippen LogP contribution in [-0.2, 0) is 0 Å². The van der Waals surface area contributed by atoms with Crippen LogP contribution in [0.2, 0.25) is 0 Å². The Morgan fingerprint density at radius 2 is 1.78 bits per heavy atom. The summed E-state index contributed by atoms with van der Waals surface area (Å²) in [5, 5.41) is 0.